The number of aryl methyl sites for hydroxylation is 8. The zero-order valence-corrected chi connectivity index (χ0v) is 48.0. The number of hydrogen-bond donors (Lipinski definition) is 0. The fourth-order valence-electron chi connectivity index (χ4n) is 13.1. The summed E-state index contributed by atoms with van der Waals surface area (Å²) in [7, 11) is 0. The molecule has 3 heteroatoms. The lowest BCUT2D eigenvalue weighted by atomic mass is 9.78. The number of nitrogens with zero attached hydrogens (tertiary/aromatic N) is 2. The lowest BCUT2D eigenvalue weighted by Crippen LogP contribution is -2.21. The van der Waals surface area contributed by atoms with Crippen molar-refractivity contribution >= 4 is 44.9 Å². The third-order valence-electron chi connectivity index (χ3n) is 17.4. The number of fused-ring (bicyclic) bond motifs is 6. The zero-order valence-electron chi connectivity index (χ0n) is 47.2. The van der Waals surface area contributed by atoms with Crippen LogP contribution in [0, 0.1) is 5.41 Å². The summed E-state index contributed by atoms with van der Waals surface area (Å²) in [6, 6.07) is 72.3. The molecule has 78 heavy (non-hydrogen) atoms. The Labute approximate surface area is 472 Å². The molecule has 400 valence electrons. The quantitative estimate of drug-likeness (QED) is 0.0500. The van der Waals surface area contributed by atoms with Crippen molar-refractivity contribution in [2.75, 3.05) is 11.4 Å². The molecule has 0 N–H and O–H groups in total. The van der Waals surface area contributed by atoms with Crippen LogP contribution in [0.2, 0.25) is 0 Å². The van der Waals surface area contributed by atoms with Crippen LogP contribution in [0.25, 0.3) is 21.8 Å². The number of hydrogen-bond acceptors (Lipinski definition) is 2. The first-order valence-corrected chi connectivity index (χ1v) is 31.1. The summed E-state index contributed by atoms with van der Waals surface area (Å²) < 4.78 is 2.53. The molecule has 1 aliphatic carbocycles. The third-order valence-corrected chi connectivity index (χ3v) is 18.6. The van der Waals surface area contributed by atoms with Gasteiger partial charge in [-0.3, -0.25) is 0 Å². The van der Waals surface area contributed by atoms with E-state index >= 15 is 0 Å². The maximum atomic E-state index is 2.55. The van der Waals surface area contributed by atoms with Gasteiger partial charge in [0.05, 0.1) is 11.4 Å². The van der Waals surface area contributed by atoms with Crippen LogP contribution in [0.4, 0.5) is 11.4 Å². The van der Waals surface area contributed by atoms with Crippen molar-refractivity contribution < 1.29 is 0 Å². The number of anilines is 2. The molecular weight excluding hydrogens is 961 g/mol. The maximum absolute atomic E-state index is 2.55. The van der Waals surface area contributed by atoms with Crippen molar-refractivity contribution in [3.8, 4) is 0 Å². The van der Waals surface area contributed by atoms with Gasteiger partial charge in [-0.05, 0) is 219 Å². The van der Waals surface area contributed by atoms with Crippen molar-refractivity contribution in [1.82, 2.24) is 4.57 Å². The average Bonchev–Trinajstić information content (AvgIpc) is 3.86. The lowest BCUT2D eigenvalue weighted by molar-refractivity contribution is 0.324. The van der Waals surface area contributed by atoms with Gasteiger partial charge in [-0.1, -0.05) is 191 Å². The lowest BCUT2D eigenvalue weighted by Gasteiger charge is -2.32. The first-order valence-electron chi connectivity index (χ1n) is 30.2. The van der Waals surface area contributed by atoms with Gasteiger partial charge in [0.2, 0.25) is 0 Å². The predicted molar refractivity (Wildman–Crippen MR) is 335 cm³/mol. The average molecular weight is 1050 g/mol. The van der Waals surface area contributed by atoms with E-state index in [1.54, 1.807) is 11.1 Å². The Bertz CT molecular complexity index is 3260. The van der Waals surface area contributed by atoms with E-state index in [4.69, 9.17) is 0 Å². The molecule has 0 fully saturated rings. The Balaban J connectivity index is 0.698. The Morgan fingerprint density at radius 3 is 1.38 bits per heavy atom. The minimum Gasteiger partial charge on any atom is -0.340 e. The summed E-state index contributed by atoms with van der Waals surface area (Å²) in [5.41, 5.74) is 19.3. The monoisotopic (exact) mass is 1040 g/mol. The van der Waals surface area contributed by atoms with E-state index in [0.29, 0.717) is 11.8 Å². The molecule has 2 heterocycles. The molecule has 0 saturated heterocycles. The zero-order chi connectivity index (χ0) is 53.1. The molecular formula is C75H84N2S. The Kier molecular flexibility index (Phi) is 17.7. The van der Waals surface area contributed by atoms with E-state index in [0.717, 1.165) is 38.8 Å². The van der Waals surface area contributed by atoms with Crippen LogP contribution < -0.4 is 4.90 Å². The second-order valence-corrected chi connectivity index (χ2v) is 25.5. The molecule has 2 aliphatic rings. The largest absolute Gasteiger partial charge is 0.340 e. The highest BCUT2D eigenvalue weighted by Crippen LogP contribution is 2.48. The van der Waals surface area contributed by atoms with Crippen molar-refractivity contribution in [3.05, 3.63) is 238 Å². The highest BCUT2D eigenvalue weighted by atomic mass is 32.2. The summed E-state index contributed by atoms with van der Waals surface area (Å²) in [5.74, 6) is 1.14. The standard InChI is InChI=1S/C75H84N2S/c1-75(2,3)55-66(64-47-42-57(43-48-64)20-4-5-23-60-44-49-63-50-51-65(63)54-60)27-19-26-61(62-45-40-58(41-46-62)22-15-17-53-77-71-32-10-12-34-73(71)78-74-35-13-11-33-72(74)77)25-18-24-59-38-36-56(37-39-59)21-14-16-52-76-69-30-8-6-28-67(69)68-29-7-9-31-70(68)76/h6-13,28-49,54,61,66H,4-5,14-27,50-53,55H2,1-3H3. The molecule has 9 aromatic rings. The number of benzene rings is 8. The van der Waals surface area contributed by atoms with Crippen LogP contribution in [0.1, 0.15) is 160 Å². The van der Waals surface area contributed by atoms with E-state index in [1.807, 2.05) is 11.8 Å². The van der Waals surface area contributed by atoms with Crippen molar-refractivity contribution in [2.24, 2.45) is 5.41 Å². The van der Waals surface area contributed by atoms with Gasteiger partial charge in [0, 0.05) is 44.7 Å². The van der Waals surface area contributed by atoms with Gasteiger partial charge in [-0.25, -0.2) is 0 Å². The molecule has 0 radical (unpaired) electrons. The molecule has 0 amide bonds. The number of aromatic nitrogens is 1. The smallest absolute Gasteiger partial charge is 0.0552 e. The van der Waals surface area contributed by atoms with E-state index in [1.165, 1.54) is 178 Å². The third kappa shape index (κ3) is 13.6. The predicted octanol–water partition coefficient (Wildman–Crippen LogP) is 20.6. The van der Waals surface area contributed by atoms with Gasteiger partial charge in [0.15, 0.2) is 0 Å². The van der Waals surface area contributed by atoms with E-state index < -0.39 is 0 Å². The molecule has 0 bridgehead atoms. The van der Waals surface area contributed by atoms with Crippen molar-refractivity contribution in [3.63, 3.8) is 0 Å². The van der Waals surface area contributed by atoms with Crippen molar-refractivity contribution in [2.45, 2.75) is 171 Å². The summed E-state index contributed by atoms with van der Waals surface area (Å²) in [6.45, 7) is 9.40. The molecule has 2 unspecified atom stereocenters. The fourth-order valence-corrected chi connectivity index (χ4v) is 14.2. The fraction of sp³-hybridized carbons (Fsp3) is 0.360. The van der Waals surface area contributed by atoms with E-state index in [-0.39, 0.29) is 5.41 Å². The van der Waals surface area contributed by atoms with Crippen LogP contribution in [-0.2, 0) is 51.5 Å². The highest BCUT2D eigenvalue weighted by Gasteiger charge is 2.24. The van der Waals surface area contributed by atoms with Crippen LogP contribution in [-0.4, -0.2) is 11.1 Å². The van der Waals surface area contributed by atoms with Gasteiger partial charge in [-0.2, -0.15) is 0 Å². The molecule has 11 rings (SSSR count). The minimum absolute atomic E-state index is 0.280. The van der Waals surface area contributed by atoms with E-state index in [9.17, 15) is 0 Å². The Morgan fingerprint density at radius 1 is 0.397 bits per heavy atom. The second-order valence-electron chi connectivity index (χ2n) is 24.4. The van der Waals surface area contributed by atoms with Crippen LogP contribution in [0.15, 0.2) is 198 Å². The molecule has 1 aliphatic heterocycles. The highest BCUT2D eigenvalue weighted by molar-refractivity contribution is 7.99. The van der Waals surface area contributed by atoms with Gasteiger partial charge >= 0.3 is 0 Å². The first kappa shape index (κ1) is 53.7. The van der Waals surface area contributed by atoms with Gasteiger partial charge in [0.1, 0.15) is 0 Å². The summed E-state index contributed by atoms with van der Waals surface area (Å²) >= 11 is 1.90. The van der Waals surface area contributed by atoms with Crippen molar-refractivity contribution in [1.29, 1.82) is 0 Å². The van der Waals surface area contributed by atoms with Crippen LogP contribution >= 0.6 is 11.8 Å². The summed E-state index contributed by atoms with van der Waals surface area (Å²) in [5, 5.41) is 2.73. The Hall–Kier alpha value is -6.29. The minimum atomic E-state index is 0.280. The molecule has 0 spiro atoms. The molecule has 1 aromatic heterocycles. The molecule has 0 saturated carbocycles. The molecule has 8 aromatic carbocycles. The molecule has 2 nitrogen and oxygen atoms in total. The molecule has 2 atom stereocenters. The Morgan fingerprint density at radius 2 is 0.833 bits per heavy atom. The number of rotatable bonds is 26. The normalized spacial score (nSPS) is 13.8. The van der Waals surface area contributed by atoms with Crippen LogP contribution in [0.5, 0.6) is 0 Å². The summed E-state index contributed by atoms with van der Waals surface area (Å²) in [4.78, 5) is 5.27. The maximum Gasteiger partial charge on any atom is 0.0552 e. The van der Waals surface area contributed by atoms with Gasteiger partial charge in [-0.15, -0.1) is 0 Å². The van der Waals surface area contributed by atoms with E-state index in [2.05, 4.69) is 218 Å². The van der Waals surface area contributed by atoms with Gasteiger partial charge in [0.25, 0.3) is 0 Å². The SMILES string of the molecule is CC(C)(C)CC(CCCC(CCCc1ccc(CCCCn2c3ccccc3c3ccccc32)cc1)c1ccc(CCCCN2c3ccccc3Sc3ccccc32)cc1)c1ccc(CCCCc2ccc3c(c2)CC3)cc1. The van der Waals surface area contributed by atoms with Gasteiger partial charge < -0.3 is 9.47 Å². The second kappa shape index (κ2) is 25.7. The summed E-state index contributed by atoms with van der Waals surface area (Å²) in [6.07, 6.45) is 23.0. The topological polar surface area (TPSA) is 8.17 Å². The number of unbranched alkanes of at least 4 members (excludes halogenated alkanes) is 3. The van der Waals surface area contributed by atoms with Crippen LogP contribution in [0.3, 0.4) is 0 Å². The first-order chi connectivity index (χ1) is 38.3. The number of para-hydroxylation sites is 4.